The number of rotatable bonds is 3. The molecule has 0 saturated heterocycles. The van der Waals surface area contributed by atoms with Crippen molar-refractivity contribution in [1.82, 2.24) is 4.98 Å². The molecule has 1 atom stereocenters. The van der Waals surface area contributed by atoms with E-state index in [1.54, 1.807) is 13.2 Å². The minimum absolute atomic E-state index is 0.310. The molecule has 2 aromatic rings. The number of oxazole rings is 1. The smallest absolute Gasteiger partial charge is 0.226 e. The van der Waals surface area contributed by atoms with Crippen molar-refractivity contribution in [2.45, 2.75) is 20.1 Å². The lowest BCUT2D eigenvalue weighted by Gasteiger charge is -2.09. The van der Waals surface area contributed by atoms with E-state index < -0.39 is 0 Å². The number of aryl methyl sites for hydroxylation is 1. The standard InChI is InChI=1S/C12H14N2O2/c1-8-7-15-12(14-8)10-3-5-11(6-4-10)16-9(2)13/h3-7,9H,13H2,1-2H3. The van der Waals surface area contributed by atoms with Gasteiger partial charge in [0.15, 0.2) is 0 Å². The summed E-state index contributed by atoms with van der Waals surface area (Å²) >= 11 is 0. The Labute approximate surface area is 94.1 Å². The van der Waals surface area contributed by atoms with Crippen molar-refractivity contribution in [3.05, 3.63) is 36.2 Å². The molecule has 84 valence electrons. The minimum atomic E-state index is -0.310. The van der Waals surface area contributed by atoms with Gasteiger partial charge in [0.05, 0.1) is 5.69 Å². The van der Waals surface area contributed by atoms with Crippen LogP contribution in [0.25, 0.3) is 11.5 Å². The van der Waals surface area contributed by atoms with Crippen LogP contribution in [-0.4, -0.2) is 11.2 Å². The van der Waals surface area contributed by atoms with Crippen LogP contribution in [-0.2, 0) is 0 Å². The average molecular weight is 218 g/mol. The summed E-state index contributed by atoms with van der Waals surface area (Å²) in [5.74, 6) is 1.35. The van der Waals surface area contributed by atoms with Gasteiger partial charge in [-0.2, -0.15) is 0 Å². The number of benzene rings is 1. The largest absolute Gasteiger partial charge is 0.476 e. The third-order valence-electron chi connectivity index (χ3n) is 2.04. The maximum absolute atomic E-state index is 5.52. The zero-order valence-electron chi connectivity index (χ0n) is 9.31. The van der Waals surface area contributed by atoms with Crippen molar-refractivity contribution >= 4 is 0 Å². The van der Waals surface area contributed by atoms with E-state index in [4.69, 9.17) is 14.9 Å². The van der Waals surface area contributed by atoms with Crippen molar-refractivity contribution in [2.75, 3.05) is 0 Å². The zero-order chi connectivity index (χ0) is 11.5. The molecule has 2 N–H and O–H groups in total. The van der Waals surface area contributed by atoms with Gasteiger partial charge in [0.1, 0.15) is 18.2 Å². The summed E-state index contributed by atoms with van der Waals surface area (Å²) in [5.41, 5.74) is 7.31. The molecule has 0 radical (unpaired) electrons. The zero-order valence-corrected chi connectivity index (χ0v) is 9.31. The van der Waals surface area contributed by atoms with Gasteiger partial charge in [-0.15, -0.1) is 0 Å². The molecule has 0 bridgehead atoms. The lowest BCUT2D eigenvalue weighted by atomic mass is 10.2. The van der Waals surface area contributed by atoms with Gasteiger partial charge in [-0.05, 0) is 38.1 Å². The fourth-order valence-corrected chi connectivity index (χ4v) is 1.38. The van der Waals surface area contributed by atoms with Gasteiger partial charge in [0, 0.05) is 5.56 Å². The van der Waals surface area contributed by atoms with Crippen molar-refractivity contribution in [3.8, 4) is 17.2 Å². The molecule has 4 nitrogen and oxygen atoms in total. The second kappa shape index (κ2) is 4.37. The van der Waals surface area contributed by atoms with Crippen LogP contribution < -0.4 is 10.5 Å². The van der Waals surface area contributed by atoms with Gasteiger partial charge in [-0.25, -0.2) is 4.98 Å². The number of nitrogens with two attached hydrogens (primary N) is 1. The quantitative estimate of drug-likeness (QED) is 0.803. The molecule has 0 saturated carbocycles. The highest BCUT2D eigenvalue weighted by Crippen LogP contribution is 2.21. The molecule has 0 aliphatic heterocycles. The number of ether oxygens (including phenoxy) is 1. The van der Waals surface area contributed by atoms with Crippen LogP contribution in [0.4, 0.5) is 0 Å². The van der Waals surface area contributed by atoms with Crippen LogP contribution in [0, 0.1) is 6.92 Å². The first-order valence-electron chi connectivity index (χ1n) is 5.10. The third kappa shape index (κ3) is 2.41. The van der Waals surface area contributed by atoms with Gasteiger partial charge in [-0.3, -0.25) is 5.73 Å². The van der Waals surface area contributed by atoms with E-state index >= 15 is 0 Å². The van der Waals surface area contributed by atoms with Crippen LogP contribution in [0.3, 0.4) is 0 Å². The Balaban J connectivity index is 2.19. The van der Waals surface area contributed by atoms with Crippen LogP contribution in [0.15, 0.2) is 34.9 Å². The molecule has 0 spiro atoms. The van der Waals surface area contributed by atoms with E-state index in [9.17, 15) is 0 Å². The maximum Gasteiger partial charge on any atom is 0.226 e. The Morgan fingerprint density at radius 3 is 2.50 bits per heavy atom. The van der Waals surface area contributed by atoms with Crippen LogP contribution in [0.2, 0.25) is 0 Å². The fraction of sp³-hybridized carbons (Fsp3) is 0.250. The molecule has 0 fully saturated rings. The highest BCUT2D eigenvalue weighted by Gasteiger charge is 2.04. The van der Waals surface area contributed by atoms with E-state index in [1.165, 1.54) is 0 Å². The minimum Gasteiger partial charge on any atom is -0.476 e. The van der Waals surface area contributed by atoms with Crippen molar-refractivity contribution in [1.29, 1.82) is 0 Å². The first-order valence-corrected chi connectivity index (χ1v) is 5.10. The SMILES string of the molecule is Cc1coc(-c2ccc(OC(C)N)cc2)n1. The lowest BCUT2D eigenvalue weighted by Crippen LogP contribution is -2.22. The summed E-state index contributed by atoms with van der Waals surface area (Å²) in [6.07, 6.45) is 1.32. The summed E-state index contributed by atoms with van der Waals surface area (Å²) < 4.78 is 10.6. The van der Waals surface area contributed by atoms with E-state index in [0.717, 1.165) is 17.0 Å². The topological polar surface area (TPSA) is 61.3 Å². The van der Waals surface area contributed by atoms with Gasteiger partial charge in [-0.1, -0.05) is 0 Å². The first kappa shape index (κ1) is 10.7. The summed E-state index contributed by atoms with van der Waals surface area (Å²) in [7, 11) is 0. The molecule has 2 rings (SSSR count). The number of hydrogen-bond acceptors (Lipinski definition) is 4. The average Bonchev–Trinajstić information content (AvgIpc) is 2.65. The third-order valence-corrected chi connectivity index (χ3v) is 2.04. The molecule has 0 amide bonds. The number of nitrogens with zero attached hydrogens (tertiary/aromatic N) is 1. The van der Waals surface area contributed by atoms with Gasteiger partial charge >= 0.3 is 0 Å². The molecular weight excluding hydrogens is 204 g/mol. The van der Waals surface area contributed by atoms with Crippen molar-refractivity contribution in [2.24, 2.45) is 5.73 Å². The number of hydrogen-bond donors (Lipinski definition) is 1. The Morgan fingerprint density at radius 2 is 2.00 bits per heavy atom. The van der Waals surface area contributed by atoms with Gasteiger partial charge in [0.2, 0.25) is 5.89 Å². The second-order valence-electron chi connectivity index (χ2n) is 3.64. The highest BCUT2D eigenvalue weighted by molar-refractivity contribution is 5.54. The predicted octanol–water partition coefficient (Wildman–Crippen LogP) is 2.33. The maximum atomic E-state index is 5.52. The normalized spacial score (nSPS) is 12.4. The molecule has 1 heterocycles. The first-order chi connectivity index (χ1) is 7.65. The van der Waals surface area contributed by atoms with Crippen molar-refractivity contribution < 1.29 is 9.15 Å². The Morgan fingerprint density at radius 1 is 1.31 bits per heavy atom. The highest BCUT2D eigenvalue weighted by atomic mass is 16.5. The fourth-order valence-electron chi connectivity index (χ4n) is 1.38. The summed E-state index contributed by atoms with van der Waals surface area (Å²) in [4.78, 5) is 4.24. The van der Waals surface area contributed by atoms with Crippen molar-refractivity contribution in [3.63, 3.8) is 0 Å². The van der Waals surface area contributed by atoms with Crippen LogP contribution >= 0.6 is 0 Å². The van der Waals surface area contributed by atoms with Crippen LogP contribution in [0.1, 0.15) is 12.6 Å². The molecule has 0 aliphatic rings. The summed E-state index contributed by atoms with van der Waals surface area (Å²) in [6.45, 7) is 3.67. The molecule has 4 heteroatoms. The van der Waals surface area contributed by atoms with Crippen LogP contribution in [0.5, 0.6) is 5.75 Å². The van der Waals surface area contributed by atoms with Gasteiger partial charge < -0.3 is 9.15 Å². The Kier molecular flexibility index (Phi) is 2.92. The molecular formula is C12H14N2O2. The summed E-state index contributed by atoms with van der Waals surface area (Å²) in [5, 5.41) is 0. The Hall–Kier alpha value is -1.81. The molecule has 1 aromatic heterocycles. The lowest BCUT2D eigenvalue weighted by molar-refractivity contribution is 0.230. The van der Waals surface area contributed by atoms with E-state index in [0.29, 0.717) is 5.89 Å². The van der Waals surface area contributed by atoms with E-state index in [-0.39, 0.29) is 6.23 Å². The molecule has 1 unspecified atom stereocenters. The predicted molar refractivity (Wildman–Crippen MR) is 61.0 cm³/mol. The monoisotopic (exact) mass is 218 g/mol. The molecule has 1 aromatic carbocycles. The second-order valence-corrected chi connectivity index (χ2v) is 3.64. The number of aromatic nitrogens is 1. The molecule has 16 heavy (non-hydrogen) atoms. The van der Waals surface area contributed by atoms with E-state index in [2.05, 4.69) is 4.98 Å². The molecule has 0 aliphatic carbocycles. The summed E-state index contributed by atoms with van der Waals surface area (Å²) in [6, 6.07) is 7.47. The van der Waals surface area contributed by atoms with Gasteiger partial charge in [0.25, 0.3) is 0 Å². The Bertz CT molecular complexity index is 460. The van der Waals surface area contributed by atoms with E-state index in [1.807, 2.05) is 31.2 Å².